The third-order valence-electron chi connectivity index (χ3n) is 4.97. The second-order valence-corrected chi connectivity index (χ2v) is 16.5. The third-order valence-corrected chi connectivity index (χ3v) is 9.18. The molecule has 4 nitrogen and oxygen atoms in total. The van der Waals surface area contributed by atoms with E-state index in [4.69, 9.17) is 23.4 Å². The minimum atomic E-state index is -2.66. The van der Waals surface area contributed by atoms with Gasteiger partial charge in [0.25, 0.3) is 0 Å². The summed E-state index contributed by atoms with van der Waals surface area (Å²) in [7, 11) is 7.11. The first-order chi connectivity index (χ1) is 13.1. The van der Waals surface area contributed by atoms with Crippen molar-refractivity contribution in [3.05, 3.63) is 42.5 Å². The minimum absolute atomic E-state index is 0. The molecule has 0 fully saturated rings. The quantitative estimate of drug-likeness (QED) is 0.226. The van der Waals surface area contributed by atoms with Crippen molar-refractivity contribution in [3.8, 4) is 0 Å². The predicted molar refractivity (Wildman–Crippen MR) is 134 cm³/mol. The average molecular weight is 509 g/mol. The van der Waals surface area contributed by atoms with Crippen LogP contribution in [0.2, 0.25) is 0 Å². The van der Waals surface area contributed by atoms with Crippen molar-refractivity contribution in [2.24, 2.45) is 4.76 Å². The molecule has 0 saturated carbocycles. The Balaban J connectivity index is 0.00000198. The summed E-state index contributed by atoms with van der Waals surface area (Å²) < 4.78 is 9.76. The van der Waals surface area contributed by atoms with E-state index in [0.29, 0.717) is 0 Å². The monoisotopic (exact) mass is 508 g/mol. The average Bonchev–Trinajstić information content (AvgIpc) is 2.87. The molecule has 2 rings (SSSR count). The number of fused-ring (bicyclic) bond motifs is 1. The van der Waals surface area contributed by atoms with E-state index in [9.17, 15) is 5.16 Å². The van der Waals surface area contributed by atoms with Gasteiger partial charge in [-0.3, -0.25) is 4.76 Å². The van der Waals surface area contributed by atoms with Crippen LogP contribution in [0, 0.1) is 7.43 Å². The number of nitrogens with zero attached hydrogens (tertiary/aromatic N) is 4. The Labute approximate surface area is 201 Å². The van der Waals surface area contributed by atoms with E-state index >= 15 is 0 Å². The van der Waals surface area contributed by atoms with E-state index in [1.807, 2.05) is 0 Å². The number of benzene rings is 1. The summed E-state index contributed by atoms with van der Waals surface area (Å²) in [6, 6.07) is 8.96. The second kappa shape index (κ2) is 11.2. The fraction of sp³-hybridized carbons (Fsp3) is 0.636. The van der Waals surface area contributed by atoms with Crippen molar-refractivity contribution >= 4 is 36.8 Å². The fourth-order valence-electron chi connectivity index (χ4n) is 3.75. The van der Waals surface area contributed by atoms with Crippen molar-refractivity contribution in [2.45, 2.75) is 91.6 Å². The van der Waals surface area contributed by atoms with Crippen LogP contribution in [-0.4, -0.2) is 19.4 Å². The molecule has 0 radical (unpaired) electrons. The third kappa shape index (κ3) is 6.07. The van der Waals surface area contributed by atoms with Crippen LogP contribution in [0.15, 0.2) is 29.0 Å². The van der Waals surface area contributed by atoms with Crippen LogP contribution in [0.25, 0.3) is 16.2 Å². The number of imidazole rings is 1. The van der Waals surface area contributed by atoms with Crippen LogP contribution in [0.5, 0.6) is 0 Å². The molecule has 0 aliphatic rings. The zero-order valence-corrected chi connectivity index (χ0v) is 24.4. The molecule has 1 aromatic heterocycles. The van der Waals surface area contributed by atoms with Gasteiger partial charge in [-0.1, -0.05) is 53.7 Å². The molecule has 2 aromatic rings. The molecule has 0 unspecified atom stereocenters. The van der Waals surface area contributed by atoms with Crippen molar-refractivity contribution in [1.29, 1.82) is 0 Å². The van der Waals surface area contributed by atoms with Gasteiger partial charge in [0.05, 0.1) is 11.0 Å². The number of hydrogen-bond acceptors (Lipinski definition) is 0. The van der Waals surface area contributed by atoms with E-state index in [1.54, 1.807) is 0 Å². The van der Waals surface area contributed by atoms with Crippen LogP contribution in [0.1, 0.15) is 81.3 Å². The SMILES string of the molecule is CC(C)n1c(=NP(=[N-])(C(C)(C)C)C(C)(C)C)n(C(C)C)c2ccccc21.[CH3-].[Cl][Ti][Cl]. The number of para-hydroxylation sites is 2. The Hall–Kier alpha value is 0.0143. The summed E-state index contributed by atoms with van der Waals surface area (Å²) in [5.41, 5.74) is 3.23. The number of halogens is 2. The summed E-state index contributed by atoms with van der Waals surface area (Å²) >= 11 is -0.556. The summed E-state index contributed by atoms with van der Waals surface area (Å²) in [6.45, 7) is 21.4. The predicted octanol–water partition coefficient (Wildman–Crippen LogP) is 8.61. The first-order valence-electron chi connectivity index (χ1n) is 10.00. The molecular formula is C22H39Cl2N4PTi-2. The van der Waals surface area contributed by atoms with E-state index in [1.165, 1.54) is 11.0 Å². The van der Waals surface area contributed by atoms with Gasteiger partial charge < -0.3 is 21.7 Å². The molecule has 0 bridgehead atoms. The Kier molecular flexibility index (Phi) is 11.2. The zero-order valence-electron chi connectivity index (χ0n) is 20.5. The molecule has 0 aliphatic carbocycles. The van der Waals surface area contributed by atoms with Crippen LogP contribution in [0.3, 0.4) is 0 Å². The standard InChI is InChI=1S/C21H36N4P.CH3.2ClH.Ti/c1-15(2)24-17-13-11-12-14-18(17)25(16(3)4)19(24)23-26(22,20(5,6)7)21(8,9)10;;;;/h11-16H,1-10H3;1H3;2*1H;/q2*-1;;;+2/p-2. The molecule has 172 valence electrons. The van der Waals surface area contributed by atoms with E-state index in [2.05, 4.69) is 103 Å². The van der Waals surface area contributed by atoms with Gasteiger partial charge in [0.15, 0.2) is 0 Å². The van der Waals surface area contributed by atoms with Gasteiger partial charge in [-0.2, -0.15) is 0 Å². The summed E-state index contributed by atoms with van der Waals surface area (Å²) in [6.07, 6.45) is 0. The first kappa shape index (κ1) is 30.0. The summed E-state index contributed by atoms with van der Waals surface area (Å²) in [5, 5.41) is 11.3. The molecule has 0 aliphatic heterocycles. The maximum atomic E-state index is 11.9. The van der Waals surface area contributed by atoms with Crippen molar-refractivity contribution in [1.82, 2.24) is 9.13 Å². The molecule has 0 amide bonds. The molecule has 0 atom stereocenters. The van der Waals surface area contributed by atoms with Crippen molar-refractivity contribution in [3.63, 3.8) is 0 Å². The van der Waals surface area contributed by atoms with E-state index in [0.717, 1.165) is 5.62 Å². The number of hydrogen-bond donors (Lipinski definition) is 0. The topological polar surface area (TPSA) is 44.5 Å². The Morgan fingerprint density at radius 3 is 1.40 bits per heavy atom. The first-order valence-corrected chi connectivity index (χ1v) is 16.0. The molecule has 1 heterocycles. The summed E-state index contributed by atoms with van der Waals surface area (Å²) in [5.74, 6) is 0. The van der Waals surface area contributed by atoms with Crippen LogP contribution in [0.4, 0.5) is 0 Å². The second-order valence-electron chi connectivity index (χ2n) is 9.83. The molecule has 8 heteroatoms. The fourth-order valence-corrected chi connectivity index (χ4v) is 6.82. The van der Waals surface area contributed by atoms with Gasteiger partial charge >= 0.3 is 35.6 Å². The van der Waals surface area contributed by atoms with Gasteiger partial charge in [0, 0.05) is 12.1 Å². The number of aromatic nitrogens is 2. The molecule has 30 heavy (non-hydrogen) atoms. The number of rotatable bonds is 3. The molecule has 1 aromatic carbocycles. The van der Waals surface area contributed by atoms with Crippen molar-refractivity contribution in [2.75, 3.05) is 0 Å². The molecular weight excluding hydrogens is 470 g/mol. The summed E-state index contributed by atoms with van der Waals surface area (Å²) in [4.78, 5) is 0. The molecule has 0 saturated heterocycles. The van der Waals surface area contributed by atoms with Crippen LogP contribution < -0.4 is 5.62 Å². The van der Waals surface area contributed by atoms with Gasteiger partial charge in [-0.15, -0.1) is 7.21 Å². The van der Waals surface area contributed by atoms with Gasteiger partial charge in [0.1, 0.15) is 0 Å². The Bertz CT molecular complexity index is 865. The van der Waals surface area contributed by atoms with E-state index < -0.39 is 24.2 Å². The van der Waals surface area contributed by atoms with Crippen LogP contribution in [-0.2, 0) is 17.0 Å². The maximum absolute atomic E-state index is 11.9. The molecule has 0 N–H and O–H groups in total. The van der Waals surface area contributed by atoms with Gasteiger partial charge in [0.2, 0.25) is 5.62 Å². The Morgan fingerprint density at radius 2 is 1.17 bits per heavy atom. The molecule has 0 spiro atoms. The van der Waals surface area contributed by atoms with Gasteiger partial charge in [-0.25, -0.2) is 0 Å². The van der Waals surface area contributed by atoms with Gasteiger partial charge in [-0.05, 0) is 50.1 Å². The zero-order chi connectivity index (χ0) is 22.8. The van der Waals surface area contributed by atoms with Crippen molar-refractivity contribution < 1.29 is 17.0 Å². The normalized spacial score (nSPS) is 12.5. The Morgan fingerprint density at radius 1 is 0.867 bits per heavy atom. The van der Waals surface area contributed by atoms with E-state index in [-0.39, 0.29) is 29.8 Å². The van der Waals surface area contributed by atoms with Crippen LogP contribution >= 0.6 is 25.8 Å².